The van der Waals surface area contributed by atoms with Gasteiger partial charge in [0.1, 0.15) is 5.82 Å². The van der Waals surface area contributed by atoms with Gasteiger partial charge in [-0.1, -0.05) is 13.8 Å². The van der Waals surface area contributed by atoms with Crippen LogP contribution in [0.1, 0.15) is 25.4 Å². The molecular formula is C8H14N2S. The monoisotopic (exact) mass is 170 g/mol. The summed E-state index contributed by atoms with van der Waals surface area (Å²) in [5, 5.41) is 0.681. The van der Waals surface area contributed by atoms with Crippen LogP contribution in [0.15, 0.2) is 6.20 Å². The van der Waals surface area contributed by atoms with E-state index >= 15 is 0 Å². The van der Waals surface area contributed by atoms with Crippen molar-refractivity contribution in [2.75, 3.05) is 0 Å². The topological polar surface area (TPSA) is 28.7 Å². The van der Waals surface area contributed by atoms with Crippen molar-refractivity contribution in [2.24, 2.45) is 0 Å². The molecule has 2 nitrogen and oxygen atoms in total. The van der Waals surface area contributed by atoms with Crippen LogP contribution in [0.3, 0.4) is 0 Å². The average Bonchev–Trinajstić information content (AvgIpc) is 2.31. The molecular weight excluding hydrogens is 156 g/mol. The number of H-pyrrole nitrogens is 1. The molecule has 0 saturated carbocycles. The lowest BCUT2D eigenvalue weighted by Crippen LogP contribution is -1.90. The molecule has 0 aliphatic rings. The van der Waals surface area contributed by atoms with Crippen LogP contribution >= 0.6 is 11.8 Å². The summed E-state index contributed by atoms with van der Waals surface area (Å²) in [6.07, 6.45) is 1.87. The predicted octanol–water partition coefficient (Wildman–Crippen LogP) is 2.36. The molecule has 0 aliphatic heterocycles. The normalized spacial score (nSPS) is 10.9. The lowest BCUT2D eigenvalue weighted by molar-refractivity contribution is 1.07. The molecule has 0 amide bonds. The van der Waals surface area contributed by atoms with Crippen LogP contribution in [0.4, 0.5) is 0 Å². The molecule has 1 N–H and O–H groups in total. The van der Waals surface area contributed by atoms with Gasteiger partial charge < -0.3 is 4.98 Å². The summed E-state index contributed by atoms with van der Waals surface area (Å²) in [6, 6.07) is 0. The molecule has 3 heteroatoms. The van der Waals surface area contributed by atoms with Gasteiger partial charge in [-0.15, -0.1) is 0 Å². The van der Waals surface area contributed by atoms with Gasteiger partial charge in [0.2, 0.25) is 0 Å². The fourth-order valence-corrected chi connectivity index (χ4v) is 1.42. The Hall–Kier alpha value is -0.440. The molecule has 1 aromatic heterocycles. The van der Waals surface area contributed by atoms with Crippen molar-refractivity contribution >= 4 is 11.8 Å². The van der Waals surface area contributed by atoms with E-state index in [1.807, 2.05) is 24.9 Å². The number of nitrogens with zero attached hydrogens (tertiary/aromatic N) is 1. The van der Waals surface area contributed by atoms with Gasteiger partial charge in [0.05, 0.1) is 5.75 Å². The highest BCUT2D eigenvalue weighted by molar-refractivity contribution is 7.99. The second kappa shape index (κ2) is 3.81. The summed E-state index contributed by atoms with van der Waals surface area (Å²) in [7, 11) is 0. The van der Waals surface area contributed by atoms with Crippen LogP contribution in [0.2, 0.25) is 0 Å². The van der Waals surface area contributed by atoms with Gasteiger partial charge in [-0.2, -0.15) is 11.8 Å². The second-order valence-corrected chi connectivity index (χ2v) is 4.44. The summed E-state index contributed by atoms with van der Waals surface area (Å²) in [6.45, 7) is 6.41. The molecule has 0 spiro atoms. The van der Waals surface area contributed by atoms with Crippen molar-refractivity contribution < 1.29 is 0 Å². The summed E-state index contributed by atoms with van der Waals surface area (Å²) < 4.78 is 0. The fourth-order valence-electron chi connectivity index (χ4n) is 0.786. The Morgan fingerprint density at radius 2 is 2.36 bits per heavy atom. The molecule has 0 bridgehead atoms. The molecule has 11 heavy (non-hydrogen) atoms. The number of nitrogens with one attached hydrogen (secondary N) is 1. The maximum absolute atomic E-state index is 4.21. The van der Waals surface area contributed by atoms with Crippen LogP contribution in [0, 0.1) is 6.92 Å². The van der Waals surface area contributed by atoms with E-state index in [-0.39, 0.29) is 0 Å². The SMILES string of the molecule is Cc1cnc(CSC(C)C)[nH]1. The van der Waals surface area contributed by atoms with E-state index in [0.717, 1.165) is 17.3 Å². The Bertz CT molecular complexity index is 218. The summed E-state index contributed by atoms with van der Waals surface area (Å²) in [5.74, 6) is 2.08. The first-order valence-corrected chi connectivity index (χ1v) is 4.85. The van der Waals surface area contributed by atoms with Crippen molar-refractivity contribution in [1.29, 1.82) is 0 Å². The molecule has 0 aliphatic carbocycles. The number of aromatic amines is 1. The molecule has 1 aromatic rings. The van der Waals surface area contributed by atoms with Crippen molar-refractivity contribution in [2.45, 2.75) is 31.8 Å². The van der Waals surface area contributed by atoms with Crippen molar-refractivity contribution in [1.82, 2.24) is 9.97 Å². The highest BCUT2D eigenvalue weighted by atomic mass is 32.2. The highest BCUT2D eigenvalue weighted by Crippen LogP contribution is 2.14. The Morgan fingerprint density at radius 3 is 2.82 bits per heavy atom. The summed E-state index contributed by atoms with van der Waals surface area (Å²) in [5.41, 5.74) is 1.14. The Balaban J connectivity index is 2.39. The molecule has 0 radical (unpaired) electrons. The lowest BCUT2D eigenvalue weighted by atomic mass is 10.6. The maximum atomic E-state index is 4.21. The number of rotatable bonds is 3. The molecule has 1 heterocycles. The molecule has 0 unspecified atom stereocenters. The largest absolute Gasteiger partial charge is 0.345 e. The molecule has 62 valence electrons. The number of thioether (sulfide) groups is 1. The van der Waals surface area contributed by atoms with E-state index in [2.05, 4.69) is 23.8 Å². The van der Waals surface area contributed by atoms with Crippen LogP contribution < -0.4 is 0 Å². The van der Waals surface area contributed by atoms with Crippen LogP contribution in [0.5, 0.6) is 0 Å². The van der Waals surface area contributed by atoms with Gasteiger partial charge in [0.15, 0.2) is 0 Å². The van der Waals surface area contributed by atoms with E-state index in [1.165, 1.54) is 0 Å². The summed E-state index contributed by atoms with van der Waals surface area (Å²) >= 11 is 1.90. The van der Waals surface area contributed by atoms with Crippen molar-refractivity contribution in [3.8, 4) is 0 Å². The number of hydrogen-bond donors (Lipinski definition) is 1. The van der Waals surface area contributed by atoms with Crippen LogP contribution in [-0.4, -0.2) is 15.2 Å². The van der Waals surface area contributed by atoms with Crippen LogP contribution in [0.25, 0.3) is 0 Å². The Morgan fingerprint density at radius 1 is 1.64 bits per heavy atom. The van der Waals surface area contributed by atoms with Gasteiger partial charge >= 0.3 is 0 Å². The highest BCUT2D eigenvalue weighted by Gasteiger charge is 1.98. The van der Waals surface area contributed by atoms with Gasteiger partial charge in [0.25, 0.3) is 0 Å². The van der Waals surface area contributed by atoms with E-state index in [9.17, 15) is 0 Å². The Labute approximate surface area is 71.8 Å². The standard InChI is InChI=1S/C8H14N2S/c1-6(2)11-5-8-9-4-7(3)10-8/h4,6H,5H2,1-3H3,(H,9,10). The van der Waals surface area contributed by atoms with Gasteiger partial charge in [-0.3, -0.25) is 0 Å². The van der Waals surface area contributed by atoms with Crippen molar-refractivity contribution in [3.63, 3.8) is 0 Å². The first-order chi connectivity index (χ1) is 5.18. The second-order valence-electron chi connectivity index (χ2n) is 2.87. The minimum Gasteiger partial charge on any atom is -0.345 e. The third-order valence-electron chi connectivity index (χ3n) is 1.31. The zero-order valence-electron chi connectivity index (χ0n) is 7.22. The van der Waals surface area contributed by atoms with Gasteiger partial charge in [-0.05, 0) is 12.2 Å². The third-order valence-corrected chi connectivity index (χ3v) is 2.42. The molecule has 0 aromatic carbocycles. The van der Waals surface area contributed by atoms with Crippen molar-refractivity contribution in [3.05, 3.63) is 17.7 Å². The first kappa shape index (κ1) is 8.65. The maximum Gasteiger partial charge on any atom is 0.116 e. The quantitative estimate of drug-likeness (QED) is 0.754. The number of aromatic nitrogens is 2. The van der Waals surface area contributed by atoms with E-state index < -0.39 is 0 Å². The lowest BCUT2D eigenvalue weighted by Gasteiger charge is -2.00. The van der Waals surface area contributed by atoms with E-state index in [1.54, 1.807) is 0 Å². The number of imidazole rings is 1. The van der Waals surface area contributed by atoms with Crippen LogP contribution in [-0.2, 0) is 5.75 Å². The minimum absolute atomic E-state index is 0.681. The minimum atomic E-state index is 0.681. The predicted molar refractivity (Wildman–Crippen MR) is 49.8 cm³/mol. The number of aryl methyl sites for hydroxylation is 1. The molecule has 0 saturated heterocycles. The zero-order valence-corrected chi connectivity index (χ0v) is 8.03. The van der Waals surface area contributed by atoms with E-state index in [4.69, 9.17) is 0 Å². The van der Waals surface area contributed by atoms with Gasteiger partial charge in [-0.25, -0.2) is 4.98 Å². The van der Waals surface area contributed by atoms with Gasteiger partial charge in [0, 0.05) is 11.9 Å². The zero-order chi connectivity index (χ0) is 8.27. The third kappa shape index (κ3) is 2.97. The number of hydrogen-bond acceptors (Lipinski definition) is 2. The average molecular weight is 170 g/mol. The molecule has 1 rings (SSSR count). The molecule has 0 fully saturated rings. The van der Waals surface area contributed by atoms with E-state index in [0.29, 0.717) is 5.25 Å². The first-order valence-electron chi connectivity index (χ1n) is 3.80. The summed E-state index contributed by atoms with van der Waals surface area (Å²) in [4.78, 5) is 7.41. The smallest absolute Gasteiger partial charge is 0.116 e. The Kier molecular flexibility index (Phi) is 3.00. The fraction of sp³-hybridized carbons (Fsp3) is 0.625. The molecule has 0 atom stereocenters.